The fourth-order valence-corrected chi connectivity index (χ4v) is 0.545. The van der Waals surface area contributed by atoms with Gasteiger partial charge in [-0.1, -0.05) is 0 Å². The molecule has 0 fully saturated rings. The van der Waals surface area contributed by atoms with Crippen LogP contribution in [0, 0.1) is 5.41 Å². The molecule has 0 aliphatic heterocycles. The lowest BCUT2D eigenvalue weighted by Gasteiger charge is -1.94. The van der Waals surface area contributed by atoms with Gasteiger partial charge < -0.3 is 10.8 Å². The molecular weight excluding hydrogens is 130 g/mol. The maximum Gasteiger partial charge on any atom is 0.141 e. The van der Waals surface area contributed by atoms with Gasteiger partial charge in [0.2, 0.25) is 0 Å². The number of rotatable bonds is 1. The molecule has 0 amide bonds. The van der Waals surface area contributed by atoms with E-state index in [9.17, 15) is 0 Å². The Morgan fingerprint density at radius 3 is 2.70 bits per heavy atom. The average molecular weight is 137 g/mol. The van der Waals surface area contributed by atoms with E-state index in [0.29, 0.717) is 5.69 Å². The minimum atomic E-state index is -0.0972. The van der Waals surface area contributed by atoms with E-state index < -0.39 is 0 Å². The third-order valence-corrected chi connectivity index (χ3v) is 1.02. The maximum atomic E-state index is 8.76. The maximum absolute atomic E-state index is 8.76. The Labute approximate surface area is 57.8 Å². The van der Waals surface area contributed by atoms with Gasteiger partial charge in [-0.05, 0) is 12.1 Å². The topological polar surface area (TPSA) is 83.0 Å². The number of nitrogens with two attached hydrogens (primary N) is 1. The number of hydrogen-bond donors (Lipinski definition) is 3. The molecule has 1 rings (SSSR count). The van der Waals surface area contributed by atoms with Gasteiger partial charge in [0.1, 0.15) is 17.3 Å². The quantitative estimate of drug-likeness (QED) is 0.378. The van der Waals surface area contributed by atoms with E-state index in [1.807, 2.05) is 0 Å². The highest BCUT2D eigenvalue weighted by molar-refractivity contribution is 5.92. The average Bonchev–Trinajstić information content (AvgIpc) is 1.88. The molecular formula is C6H7N3O. The minimum Gasteiger partial charge on any atom is -0.506 e. The van der Waals surface area contributed by atoms with Crippen LogP contribution >= 0.6 is 0 Å². The van der Waals surface area contributed by atoms with Crippen molar-refractivity contribution in [2.24, 2.45) is 5.73 Å². The molecule has 4 nitrogen and oxygen atoms in total. The highest BCUT2D eigenvalue weighted by Crippen LogP contribution is 2.04. The molecule has 1 aromatic heterocycles. The molecule has 0 atom stereocenters. The van der Waals surface area contributed by atoms with Gasteiger partial charge in [-0.25, -0.2) is 4.98 Å². The predicted molar refractivity (Wildman–Crippen MR) is 36.9 cm³/mol. The van der Waals surface area contributed by atoms with Gasteiger partial charge in [-0.2, -0.15) is 0 Å². The molecule has 0 aliphatic rings. The number of aromatic hydroxyl groups is 1. The first-order valence-electron chi connectivity index (χ1n) is 2.69. The number of nitrogen functional groups attached to an aromatic ring is 1. The van der Waals surface area contributed by atoms with Gasteiger partial charge in [0.15, 0.2) is 0 Å². The van der Waals surface area contributed by atoms with Crippen molar-refractivity contribution in [3.63, 3.8) is 0 Å². The van der Waals surface area contributed by atoms with E-state index >= 15 is 0 Å². The lowest BCUT2D eigenvalue weighted by molar-refractivity contribution is 0.472. The molecule has 0 unspecified atom stereocenters. The molecule has 0 saturated carbocycles. The Hall–Kier alpha value is -1.58. The van der Waals surface area contributed by atoms with Crippen LogP contribution in [0.4, 0.5) is 0 Å². The normalized spacial score (nSPS) is 9.20. The summed E-state index contributed by atoms with van der Waals surface area (Å²) >= 11 is 0. The first-order valence-corrected chi connectivity index (χ1v) is 2.69. The molecule has 1 aromatic rings. The molecule has 0 saturated heterocycles. The third kappa shape index (κ3) is 1.22. The fourth-order valence-electron chi connectivity index (χ4n) is 0.545. The Morgan fingerprint density at radius 2 is 2.30 bits per heavy atom. The molecule has 4 N–H and O–H groups in total. The molecule has 0 spiro atoms. The van der Waals surface area contributed by atoms with Crippen molar-refractivity contribution in [3.05, 3.63) is 24.0 Å². The predicted octanol–water partition coefficient (Wildman–Crippen LogP) is 0.0713. The summed E-state index contributed by atoms with van der Waals surface area (Å²) < 4.78 is 0. The summed E-state index contributed by atoms with van der Waals surface area (Å²) in [5.41, 5.74) is 5.48. The molecule has 4 heteroatoms. The third-order valence-electron chi connectivity index (χ3n) is 1.02. The molecule has 0 aliphatic carbocycles. The van der Waals surface area contributed by atoms with Crippen LogP contribution in [0.15, 0.2) is 18.3 Å². The van der Waals surface area contributed by atoms with E-state index in [-0.39, 0.29) is 11.6 Å². The number of nitrogens with one attached hydrogen (secondary N) is 1. The SMILES string of the molecule is N=C(N)c1ccc(O)cn1. The van der Waals surface area contributed by atoms with Crippen LogP contribution in [0.3, 0.4) is 0 Å². The van der Waals surface area contributed by atoms with Crippen LogP contribution in [0.25, 0.3) is 0 Å². The second-order valence-electron chi connectivity index (χ2n) is 1.82. The summed E-state index contributed by atoms with van der Waals surface area (Å²) in [6.07, 6.45) is 1.25. The summed E-state index contributed by atoms with van der Waals surface area (Å²) in [6.45, 7) is 0. The highest BCUT2D eigenvalue weighted by Gasteiger charge is 1.95. The lowest BCUT2D eigenvalue weighted by Crippen LogP contribution is -2.12. The smallest absolute Gasteiger partial charge is 0.141 e. The zero-order chi connectivity index (χ0) is 7.56. The van der Waals surface area contributed by atoms with Gasteiger partial charge in [0.05, 0.1) is 6.20 Å². The molecule has 0 bridgehead atoms. The Kier molecular flexibility index (Phi) is 1.53. The van der Waals surface area contributed by atoms with Crippen molar-refractivity contribution in [1.82, 2.24) is 4.98 Å². The number of nitrogens with zero attached hydrogens (tertiary/aromatic N) is 1. The van der Waals surface area contributed by atoms with Gasteiger partial charge in [0.25, 0.3) is 0 Å². The van der Waals surface area contributed by atoms with Gasteiger partial charge in [-0.15, -0.1) is 0 Å². The Bertz CT molecular complexity index is 242. The van der Waals surface area contributed by atoms with E-state index in [2.05, 4.69) is 4.98 Å². The van der Waals surface area contributed by atoms with E-state index in [4.69, 9.17) is 16.2 Å². The number of aromatic nitrogens is 1. The summed E-state index contributed by atoms with van der Waals surface area (Å²) in [5, 5.41) is 15.7. The highest BCUT2D eigenvalue weighted by atomic mass is 16.3. The molecule has 0 radical (unpaired) electrons. The zero-order valence-electron chi connectivity index (χ0n) is 5.20. The second-order valence-corrected chi connectivity index (χ2v) is 1.82. The van der Waals surface area contributed by atoms with Crippen LogP contribution in [-0.4, -0.2) is 15.9 Å². The fraction of sp³-hybridized carbons (Fsp3) is 0. The Morgan fingerprint density at radius 1 is 1.60 bits per heavy atom. The number of pyridine rings is 1. The molecule has 10 heavy (non-hydrogen) atoms. The van der Waals surface area contributed by atoms with Crippen LogP contribution in [-0.2, 0) is 0 Å². The summed E-state index contributed by atoms with van der Waals surface area (Å²) in [5.74, 6) is -0.0231. The van der Waals surface area contributed by atoms with Crippen molar-refractivity contribution in [1.29, 1.82) is 5.41 Å². The van der Waals surface area contributed by atoms with Crippen molar-refractivity contribution < 1.29 is 5.11 Å². The van der Waals surface area contributed by atoms with Crippen LogP contribution < -0.4 is 5.73 Å². The van der Waals surface area contributed by atoms with Gasteiger partial charge in [0, 0.05) is 0 Å². The minimum absolute atomic E-state index is 0.0741. The van der Waals surface area contributed by atoms with Gasteiger partial charge in [-0.3, -0.25) is 5.41 Å². The van der Waals surface area contributed by atoms with Crippen LogP contribution in [0.1, 0.15) is 5.69 Å². The first-order chi connectivity index (χ1) is 4.70. The lowest BCUT2D eigenvalue weighted by atomic mass is 10.3. The summed E-state index contributed by atoms with van der Waals surface area (Å²) in [7, 11) is 0. The number of amidine groups is 1. The van der Waals surface area contributed by atoms with Crippen molar-refractivity contribution in [2.75, 3.05) is 0 Å². The van der Waals surface area contributed by atoms with Crippen molar-refractivity contribution in [2.45, 2.75) is 0 Å². The standard InChI is InChI=1S/C6H7N3O/c7-6(8)5-2-1-4(10)3-9-5/h1-3,10H,(H3,7,8). The molecule has 52 valence electrons. The summed E-state index contributed by atoms with van der Waals surface area (Å²) in [4.78, 5) is 3.68. The molecule has 0 aromatic carbocycles. The monoisotopic (exact) mass is 137 g/mol. The van der Waals surface area contributed by atoms with Crippen molar-refractivity contribution >= 4 is 5.84 Å². The second kappa shape index (κ2) is 2.34. The van der Waals surface area contributed by atoms with E-state index in [0.717, 1.165) is 0 Å². The van der Waals surface area contributed by atoms with Crippen LogP contribution in [0.5, 0.6) is 5.75 Å². The molecule has 1 heterocycles. The van der Waals surface area contributed by atoms with Gasteiger partial charge >= 0.3 is 0 Å². The van der Waals surface area contributed by atoms with Crippen molar-refractivity contribution in [3.8, 4) is 5.75 Å². The van der Waals surface area contributed by atoms with Crippen LogP contribution in [0.2, 0.25) is 0 Å². The Balaban J connectivity index is 3.00. The van der Waals surface area contributed by atoms with E-state index in [1.54, 1.807) is 0 Å². The largest absolute Gasteiger partial charge is 0.506 e. The first kappa shape index (κ1) is 6.54. The zero-order valence-corrected chi connectivity index (χ0v) is 5.20. The summed E-state index contributed by atoms with van der Waals surface area (Å²) in [6, 6.07) is 2.92. The van der Waals surface area contributed by atoms with E-state index in [1.165, 1.54) is 18.3 Å². The number of hydrogen-bond acceptors (Lipinski definition) is 3.